The van der Waals surface area contributed by atoms with Crippen molar-refractivity contribution in [2.45, 2.75) is 227 Å². The largest absolute Gasteiger partial charge is 0.468 e. The normalized spacial score (nSPS) is 18.1. The van der Waals surface area contributed by atoms with Gasteiger partial charge in [-0.25, -0.2) is 0 Å². The third-order valence-corrected chi connectivity index (χ3v) is 22.6. The summed E-state index contributed by atoms with van der Waals surface area (Å²) in [4.78, 5) is 7.95. The highest BCUT2D eigenvalue weighted by Crippen LogP contribution is 2.57. The molecule has 5 heteroatoms. The van der Waals surface area contributed by atoms with E-state index in [1.54, 1.807) is 0 Å². The summed E-state index contributed by atoms with van der Waals surface area (Å²) in [7, 11) is 0. The van der Waals surface area contributed by atoms with Crippen LogP contribution in [0.2, 0.25) is 0 Å². The van der Waals surface area contributed by atoms with E-state index >= 15 is 0 Å². The molecule has 3 aliphatic carbocycles. The zero-order chi connectivity index (χ0) is 64.3. The minimum atomic E-state index is -0.242. The molecule has 0 amide bonds. The number of nitrogens with zero attached hydrogens (tertiary/aromatic N) is 3. The second-order valence-corrected chi connectivity index (χ2v) is 35.3. The van der Waals surface area contributed by atoms with Crippen LogP contribution >= 0.6 is 0 Å². The van der Waals surface area contributed by atoms with E-state index in [2.05, 4.69) is 313 Å². The van der Waals surface area contributed by atoms with Crippen LogP contribution in [0.15, 0.2) is 150 Å². The van der Waals surface area contributed by atoms with Crippen LogP contribution in [0.3, 0.4) is 0 Å². The molecular formula is C85H98BN3O. The average Bonchev–Trinajstić information content (AvgIpc) is 1.24. The lowest BCUT2D eigenvalue weighted by atomic mass is 9.35. The van der Waals surface area contributed by atoms with Crippen LogP contribution in [0.25, 0.3) is 22.1 Å². The van der Waals surface area contributed by atoms with Gasteiger partial charge in [-0.3, -0.25) is 0 Å². The first kappa shape index (κ1) is 60.3. The van der Waals surface area contributed by atoms with Gasteiger partial charge in [0.2, 0.25) is 0 Å². The van der Waals surface area contributed by atoms with Crippen LogP contribution in [0.5, 0.6) is 0 Å². The molecule has 2 aliphatic heterocycles. The smallest absolute Gasteiger partial charge is 0.297 e. The molecule has 3 heterocycles. The van der Waals surface area contributed by atoms with Gasteiger partial charge in [-0.15, -0.1) is 0 Å². The van der Waals surface area contributed by atoms with Gasteiger partial charge in [0.25, 0.3) is 6.71 Å². The van der Waals surface area contributed by atoms with E-state index in [-0.39, 0.29) is 55.4 Å². The van der Waals surface area contributed by atoms with Crippen molar-refractivity contribution in [2.75, 3.05) is 14.7 Å². The van der Waals surface area contributed by atoms with Crippen molar-refractivity contribution >= 4 is 85.5 Å². The first-order chi connectivity index (χ1) is 41.8. The van der Waals surface area contributed by atoms with Crippen molar-refractivity contribution in [3.63, 3.8) is 0 Å². The summed E-state index contributed by atoms with van der Waals surface area (Å²) in [6.45, 7) is 52.6. The molecule has 0 fully saturated rings. The fourth-order valence-electron chi connectivity index (χ4n) is 16.4. The minimum Gasteiger partial charge on any atom is -0.468 e. The summed E-state index contributed by atoms with van der Waals surface area (Å²) < 4.78 is 7.93. The third kappa shape index (κ3) is 9.32. The van der Waals surface area contributed by atoms with E-state index < -0.39 is 0 Å². The molecule has 0 saturated carbocycles. The average molecular weight is 1190 g/mol. The maximum absolute atomic E-state index is 7.93. The van der Waals surface area contributed by atoms with Gasteiger partial charge in [0.05, 0.1) is 17.0 Å². The monoisotopic (exact) mass is 1190 g/mol. The van der Waals surface area contributed by atoms with Crippen LogP contribution < -0.4 is 31.3 Å². The maximum Gasteiger partial charge on any atom is 0.297 e. The van der Waals surface area contributed by atoms with E-state index in [0.717, 1.165) is 65.4 Å². The van der Waals surface area contributed by atoms with E-state index in [0.29, 0.717) is 0 Å². The summed E-state index contributed by atoms with van der Waals surface area (Å²) in [6.07, 6.45) is 4.53. The van der Waals surface area contributed by atoms with Crippen LogP contribution in [0.4, 0.5) is 51.2 Å². The molecule has 5 aliphatic rings. The third-order valence-electron chi connectivity index (χ3n) is 22.6. The highest BCUT2D eigenvalue weighted by atomic mass is 16.3. The maximum atomic E-state index is 7.93. The van der Waals surface area contributed by atoms with Crippen molar-refractivity contribution in [1.29, 1.82) is 0 Å². The number of furan rings is 1. The number of anilines is 9. The topological polar surface area (TPSA) is 22.9 Å². The predicted molar refractivity (Wildman–Crippen MR) is 388 cm³/mol. The van der Waals surface area contributed by atoms with Gasteiger partial charge in [0.15, 0.2) is 0 Å². The number of hydrogen-bond acceptors (Lipinski definition) is 4. The Bertz CT molecular complexity index is 4420. The highest BCUT2D eigenvalue weighted by Gasteiger charge is 2.50. The Kier molecular flexibility index (Phi) is 13.0. The Morgan fingerprint density at radius 1 is 0.389 bits per heavy atom. The van der Waals surface area contributed by atoms with Crippen LogP contribution in [0, 0.1) is 0 Å². The second-order valence-electron chi connectivity index (χ2n) is 35.3. The Labute approximate surface area is 540 Å². The van der Waals surface area contributed by atoms with Crippen LogP contribution in [-0.4, -0.2) is 6.71 Å². The van der Waals surface area contributed by atoms with Crippen molar-refractivity contribution in [1.82, 2.24) is 0 Å². The molecule has 0 N–H and O–H groups in total. The number of benzene rings is 8. The SMILES string of the molecule is CC(C)(C)c1ccc(N(c2cc3c4c(c2)N(c2ccc5c(c2)C(C)(C)CCC5(C)C)c2c(oc5cc6c(cc25)C(C)(C)CCC6(C)C)B4c2cc(C(C)(C)C)ccc2N3c2cc(C(C)(C)C)cc(C(C)(C)C)c2)c2ccc3c(c2)C(C)(C)c2ccccc2-3)cc1. The van der Waals surface area contributed by atoms with Crippen molar-refractivity contribution < 1.29 is 4.42 Å². The quantitative estimate of drug-likeness (QED) is 0.160. The van der Waals surface area contributed by atoms with Crippen molar-refractivity contribution in [2.24, 2.45) is 0 Å². The molecule has 1 aromatic heterocycles. The molecule has 0 bridgehead atoms. The Hall–Kier alpha value is -7.24. The summed E-state index contributed by atoms with van der Waals surface area (Å²) in [5.74, 6) is 0. The first-order valence-electron chi connectivity index (χ1n) is 33.9. The Morgan fingerprint density at radius 2 is 0.911 bits per heavy atom. The molecule has 9 aromatic rings. The lowest BCUT2D eigenvalue weighted by Gasteiger charge is -2.45. The molecular weight excluding hydrogens is 1090 g/mol. The van der Waals surface area contributed by atoms with E-state index in [1.165, 1.54) is 106 Å². The lowest BCUT2D eigenvalue weighted by molar-refractivity contribution is 0.332. The molecule has 0 spiro atoms. The molecule has 14 rings (SSSR count). The summed E-state index contributed by atoms with van der Waals surface area (Å²) in [5.41, 5.74) is 30.7. The van der Waals surface area contributed by atoms with Crippen molar-refractivity contribution in [3.8, 4) is 11.1 Å². The summed E-state index contributed by atoms with van der Waals surface area (Å²) >= 11 is 0. The zero-order valence-electron chi connectivity index (χ0n) is 58.5. The van der Waals surface area contributed by atoms with Gasteiger partial charge < -0.3 is 19.1 Å². The molecule has 462 valence electrons. The molecule has 0 saturated heterocycles. The minimum absolute atomic E-state index is 0.00884. The molecule has 0 radical (unpaired) electrons. The summed E-state index contributed by atoms with van der Waals surface area (Å²) in [5, 5.41) is 1.18. The molecule has 8 aromatic carbocycles. The number of rotatable bonds is 5. The van der Waals surface area contributed by atoms with E-state index in [1.807, 2.05) is 0 Å². The molecule has 90 heavy (non-hydrogen) atoms. The molecule has 0 unspecified atom stereocenters. The fraction of sp³-hybridized carbons (Fsp3) is 0.412. The Morgan fingerprint density at radius 3 is 1.51 bits per heavy atom. The Balaban J connectivity index is 1.16. The molecule has 0 atom stereocenters. The zero-order valence-corrected chi connectivity index (χ0v) is 58.5. The second kappa shape index (κ2) is 19.4. The van der Waals surface area contributed by atoms with Gasteiger partial charge in [-0.2, -0.15) is 0 Å². The lowest BCUT2D eigenvalue weighted by Crippen LogP contribution is -2.61. The van der Waals surface area contributed by atoms with E-state index in [4.69, 9.17) is 4.42 Å². The van der Waals surface area contributed by atoms with Gasteiger partial charge in [-0.05, 0) is 226 Å². The number of fused-ring (bicyclic) bond motifs is 11. The summed E-state index contributed by atoms with van der Waals surface area (Å²) in [6, 6.07) is 58.6. The predicted octanol–water partition coefficient (Wildman–Crippen LogP) is 22.2. The highest BCUT2D eigenvalue weighted by molar-refractivity contribution is 7.00. The van der Waals surface area contributed by atoms with Gasteiger partial charge >= 0.3 is 0 Å². The fourth-order valence-corrected chi connectivity index (χ4v) is 16.4. The van der Waals surface area contributed by atoms with Crippen LogP contribution in [0.1, 0.15) is 234 Å². The van der Waals surface area contributed by atoms with Crippen molar-refractivity contribution in [3.05, 3.63) is 201 Å². The van der Waals surface area contributed by atoms with E-state index in [9.17, 15) is 0 Å². The van der Waals surface area contributed by atoms with Gasteiger partial charge in [-0.1, -0.05) is 219 Å². The number of hydrogen-bond donors (Lipinski definition) is 0. The first-order valence-corrected chi connectivity index (χ1v) is 33.9. The van der Waals surface area contributed by atoms with Gasteiger partial charge in [0, 0.05) is 50.6 Å². The van der Waals surface area contributed by atoms with Gasteiger partial charge in [0.1, 0.15) is 5.58 Å². The van der Waals surface area contributed by atoms with Crippen LogP contribution in [-0.2, 0) is 48.7 Å². The molecule has 4 nitrogen and oxygen atoms in total. The standard InChI is InChI=1S/C85H98BN3O/c1-77(2,3)51-27-30-55(31-28-51)87(56-32-34-61-60-25-23-24-26-63(60)85(21,22)65(61)45-56)59-47-71-74-72(48-59)89(57-33-35-64-66(46-57)82(15,16)38-37-81(64,13)14)75-62-49-67-68(84(19,20)40-39-83(67,17)18)50-73(62)90-76(75)86(74)69-44-52(78(4,5)6)29-36-70(69)88(71)58-42-53(79(7,8)9)41-54(43-58)80(10,11)12/h23-36,41-50H,37-40H2,1-22H3.